The Labute approximate surface area is 100 Å². The van der Waals surface area contributed by atoms with Gasteiger partial charge in [-0.05, 0) is 13.0 Å². The van der Waals surface area contributed by atoms with E-state index in [0.717, 1.165) is 39.3 Å². The lowest BCUT2D eigenvalue weighted by atomic mass is 10.3. The van der Waals surface area contributed by atoms with Gasteiger partial charge in [0.05, 0.1) is 25.0 Å². The number of aromatic amines is 1. The molecule has 0 radical (unpaired) electrons. The van der Waals surface area contributed by atoms with E-state index in [-0.39, 0.29) is 5.91 Å². The van der Waals surface area contributed by atoms with E-state index in [9.17, 15) is 4.79 Å². The summed E-state index contributed by atoms with van der Waals surface area (Å²) >= 11 is 0. The number of hydrogen-bond donors (Lipinski definition) is 2. The minimum Gasteiger partial charge on any atom is -0.379 e. The van der Waals surface area contributed by atoms with Crippen LogP contribution in [0.1, 0.15) is 16.8 Å². The Balaban J connectivity index is 1.58. The van der Waals surface area contributed by atoms with E-state index in [0.29, 0.717) is 12.1 Å². The highest BCUT2D eigenvalue weighted by atomic mass is 16.5. The third-order valence-corrected chi connectivity index (χ3v) is 2.80. The molecule has 1 aliphatic heterocycles. The van der Waals surface area contributed by atoms with E-state index in [1.807, 2.05) is 0 Å². The molecule has 2 heterocycles. The zero-order valence-electron chi connectivity index (χ0n) is 9.82. The maximum atomic E-state index is 11.6. The van der Waals surface area contributed by atoms with Gasteiger partial charge in [0.2, 0.25) is 0 Å². The molecule has 2 N–H and O–H groups in total. The number of carbonyl (C=O) groups excluding carboxylic acids is 1. The van der Waals surface area contributed by atoms with Gasteiger partial charge in [-0.1, -0.05) is 0 Å². The Morgan fingerprint density at radius 3 is 3.06 bits per heavy atom. The van der Waals surface area contributed by atoms with Crippen LogP contribution < -0.4 is 5.32 Å². The smallest absolute Gasteiger partial charge is 0.254 e. The molecular weight excluding hydrogens is 220 g/mol. The molecule has 1 saturated heterocycles. The summed E-state index contributed by atoms with van der Waals surface area (Å²) < 4.78 is 5.27. The molecule has 1 aromatic heterocycles. The average molecular weight is 238 g/mol. The summed E-state index contributed by atoms with van der Waals surface area (Å²) in [5, 5.41) is 9.22. The van der Waals surface area contributed by atoms with Crippen molar-refractivity contribution in [2.75, 3.05) is 39.4 Å². The Morgan fingerprint density at radius 1 is 1.53 bits per heavy atom. The number of rotatable bonds is 5. The second-order valence-electron chi connectivity index (χ2n) is 4.05. The van der Waals surface area contributed by atoms with Crippen LogP contribution in [0.15, 0.2) is 12.4 Å². The molecule has 0 aromatic carbocycles. The third-order valence-electron chi connectivity index (χ3n) is 2.80. The molecule has 94 valence electrons. The summed E-state index contributed by atoms with van der Waals surface area (Å²) in [6.45, 7) is 5.34. The van der Waals surface area contributed by atoms with Crippen molar-refractivity contribution in [3.8, 4) is 0 Å². The number of nitrogens with one attached hydrogen (secondary N) is 2. The monoisotopic (exact) mass is 238 g/mol. The highest BCUT2D eigenvalue weighted by Gasteiger charge is 2.10. The van der Waals surface area contributed by atoms with Gasteiger partial charge in [-0.2, -0.15) is 5.10 Å². The fourth-order valence-electron chi connectivity index (χ4n) is 1.81. The van der Waals surface area contributed by atoms with Crippen molar-refractivity contribution in [1.82, 2.24) is 20.4 Å². The van der Waals surface area contributed by atoms with Crippen LogP contribution in [0.4, 0.5) is 0 Å². The molecule has 2 rings (SSSR count). The van der Waals surface area contributed by atoms with Crippen LogP contribution in [-0.4, -0.2) is 60.4 Å². The van der Waals surface area contributed by atoms with Crippen LogP contribution in [0.3, 0.4) is 0 Å². The van der Waals surface area contributed by atoms with Gasteiger partial charge in [-0.25, -0.2) is 0 Å². The SMILES string of the molecule is O=C(NCCCN1CCOCC1)c1cn[nH]c1. The molecule has 0 spiro atoms. The second-order valence-corrected chi connectivity index (χ2v) is 4.05. The third kappa shape index (κ3) is 3.83. The van der Waals surface area contributed by atoms with Gasteiger partial charge in [0.15, 0.2) is 0 Å². The standard InChI is InChI=1S/C11H18N4O2/c16-11(10-8-13-14-9-10)12-2-1-3-15-4-6-17-7-5-15/h8-9H,1-7H2,(H,12,16)(H,13,14). The van der Waals surface area contributed by atoms with E-state index < -0.39 is 0 Å². The van der Waals surface area contributed by atoms with Gasteiger partial charge in [0, 0.05) is 25.8 Å². The lowest BCUT2D eigenvalue weighted by molar-refractivity contribution is 0.0374. The summed E-state index contributed by atoms with van der Waals surface area (Å²) in [7, 11) is 0. The first-order valence-corrected chi connectivity index (χ1v) is 5.93. The Morgan fingerprint density at radius 2 is 2.35 bits per heavy atom. The molecular formula is C11H18N4O2. The summed E-state index contributed by atoms with van der Waals surface area (Å²) in [6.07, 6.45) is 4.08. The molecule has 0 saturated carbocycles. The predicted molar refractivity (Wildman–Crippen MR) is 62.8 cm³/mol. The van der Waals surface area contributed by atoms with Crippen LogP contribution in [0.5, 0.6) is 0 Å². The first-order valence-electron chi connectivity index (χ1n) is 5.93. The first kappa shape index (κ1) is 12.1. The minimum atomic E-state index is -0.0688. The summed E-state index contributed by atoms with van der Waals surface area (Å²) in [5.41, 5.74) is 0.580. The van der Waals surface area contributed by atoms with Crippen molar-refractivity contribution < 1.29 is 9.53 Å². The number of nitrogens with zero attached hydrogens (tertiary/aromatic N) is 2. The van der Waals surface area contributed by atoms with Crippen LogP contribution >= 0.6 is 0 Å². The molecule has 6 heteroatoms. The highest BCUT2D eigenvalue weighted by Crippen LogP contribution is 1.98. The average Bonchev–Trinajstić information content (AvgIpc) is 2.89. The van der Waals surface area contributed by atoms with E-state index >= 15 is 0 Å². The molecule has 0 bridgehead atoms. The van der Waals surface area contributed by atoms with Gasteiger partial charge in [-0.15, -0.1) is 0 Å². The molecule has 17 heavy (non-hydrogen) atoms. The lowest BCUT2D eigenvalue weighted by Crippen LogP contribution is -2.38. The lowest BCUT2D eigenvalue weighted by Gasteiger charge is -2.26. The predicted octanol–water partition coefficient (Wildman–Crippen LogP) is -0.138. The summed E-state index contributed by atoms with van der Waals surface area (Å²) in [5.74, 6) is -0.0688. The highest BCUT2D eigenvalue weighted by molar-refractivity contribution is 5.93. The van der Waals surface area contributed by atoms with Crippen LogP contribution in [-0.2, 0) is 4.74 Å². The maximum absolute atomic E-state index is 11.6. The van der Waals surface area contributed by atoms with E-state index in [2.05, 4.69) is 20.4 Å². The van der Waals surface area contributed by atoms with Crippen LogP contribution in [0.2, 0.25) is 0 Å². The van der Waals surface area contributed by atoms with Crippen molar-refractivity contribution >= 4 is 5.91 Å². The van der Waals surface area contributed by atoms with E-state index in [1.165, 1.54) is 6.20 Å². The van der Waals surface area contributed by atoms with Crippen LogP contribution in [0, 0.1) is 0 Å². The van der Waals surface area contributed by atoms with E-state index in [4.69, 9.17) is 4.74 Å². The first-order chi connectivity index (χ1) is 8.36. The molecule has 1 aliphatic rings. The number of hydrogen-bond acceptors (Lipinski definition) is 4. The van der Waals surface area contributed by atoms with Crippen LogP contribution in [0.25, 0.3) is 0 Å². The molecule has 0 unspecified atom stereocenters. The van der Waals surface area contributed by atoms with Gasteiger partial charge in [-0.3, -0.25) is 14.8 Å². The number of aromatic nitrogens is 2. The van der Waals surface area contributed by atoms with Gasteiger partial charge in [0.1, 0.15) is 0 Å². The second kappa shape index (κ2) is 6.36. The van der Waals surface area contributed by atoms with E-state index in [1.54, 1.807) is 6.20 Å². The molecule has 0 atom stereocenters. The largest absolute Gasteiger partial charge is 0.379 e. The van der Waals surface area contributed by atoms with Crippen molar-refractivity contribution in [2.24, 2.45) is 0 Å². The van der Waals surface area contributed by atoms with Gasteiger partial charge in [0.25, 0.3) is 5.91 Å². The Hall–Kier alpha value is -1.40. The number of morpholine rings is 1. The number of carbonyl (C=O) groups is 1. The Bertz CT molecular complexity index is 333. The van der Waals surface area contributed by atoms with Gasteiger partial charge >= 0.3 is 0 Å². The zero-order chi connectivity index (χ0) is 11.9. The molecule has 0 aliphatic carbocycles. The zero-order valence-corrected chi connectivity index (χ0v) is 9.82. The number of amides is 1. The van der Waals surface area contributed by atoms with Crippen molar-refractivity contribution in [3.63, 3.8) is 0 Å². The number of H-pyrrole nitrogens is 1. The summed E-state index contributed by atoms with van der Waals surface area (Å²) in [6, 6.07) is 0. The molecule has 1 amide bonds. The summed E-state index contributed by atoms with van der Waals surface area (Å²) in [4.78, 5) is 13.9. The quantitative estimate of drug-likeness (QED) is 0.701. The number of ether oxygens (including phenoxy) is 1. The molecule has 1 fully saturated rings. The fourth-order valence-corrected chi connectivity index (χ4v) is 1.81. The normalized spacial score (nSPS) is 16.9. The Kier molecular flexibility index (Phi) is 4.52. The minimum absolute atomic E-state index is 0.0688. The molecule has 1 aromatic rings. The fraction of sp³-hybridized carbons (Fsp3) is 0.636. The van der Waals surface area contributed by atoms with Gasteiger partial charge < -0.3 is 10.1 Å². The van der Waals surface area contributed by atoms with Crippen molar-refractivity contribution in [3.05, 3.63) is 18.0 Å². The topological polar surface area (TPSA) is 70.2 Å². The van der Waals surface area contributed by atoms with Crippen molar-refractivity contribution in [2.45, 2.75) is 6.42 Å². The maximum Gasteiger partial charge on any atom is 0.254 e. The molecule has 6 nitrogen and oxygen atoms in total. The van der Waals surface area contributed by atoms with Crippen molar-refractivity contribution in [1.29, 1.82) is 0 Å².